The predicted octanol–water partition coefficient (Wildman–Crippen LogP) is 0.991. The van der Waals surface area contributed by atoms with Gasteiger partial charge in [0.25, 0.3) is 0 Å². The van der Waals surface area contributed by atoms with E-state index < -0.39 is 12.1 Å². The summed E-state index contributed by atoms with van der Waals surface area (Å²) in [5.41, 5.74) is 6.23. The number of aliphatic hydroxyl groups is 1. The third-order valence-electron chi connectivity index (χ3n) is 1.55. The van der Waals surface area contributed by atoms with Crippen LogP contribution in [0.15, 0.2) is 18.2 Å². The van der Waals surface area contributed by atoms with Gasteiger partial charge in [-0.15, -0.1) is 0 Å². The summed E-state index contributed by atoms with van der Waals surface area (Å²) in [7, 11) is 0. The molecule has 1 rings (SSSR count). The third kappa shape index (κ3) is 2.31. The molecular formula is C8H8INO3. The Balaban J connectivity index is 3.12. The van der Waals surface area contributed by atoms with E-state index in [1.54, 1.807) is 12.1 Å². The van der Waals surface area contributed by atoms with Crippen molar-refractivity contribution in [3.63, 3.8) is 0 Å². The lowest BCUT2D eigenvalue weighted by Crippen LogP contribution is -2.12. The first-order valence-electron chi connectivity index (χ1n) is 3.48. The lowest BCUT2D eigenvalue weighted by Gasteiger charge is -2.08. The number of hydrogen-bond acceptors (Lipinski definition) is 3. The molecule has 0 fully saturated rings. The molecule has 0 aliphatic carbocycles. The molecule has 1 aromatic rings. The van der Waals surface area contributed by atoms with Crippen LogP contribution in [0.5, 0.6) is 0 Å². The van der Waals surface area contributed by atoms with Crippen LogP contribution in [-0.2, 0) is 4.79 Å². The van der Waals surface area contributed by atoms with Crippen molar-refractivity contribution in [2.24, 2.45) is 0 Å². The van der Waals surface area contributed by atoms with Gasteiger partial charge in [0.1, 0.15) is 0 Å². The van der Waals surface area contributed by atoms with Crippen LogP contribution in [0.3, 0.4) is 0 Å². The number of anilines is 1. The topological polar surface area (TPSA) is 83.5 Å². The zero-order chi connectivity index (χ0) is 10.0. The molecule has 0 aliphatic rings. The Morgan fingerprint density at radius 1 is 1.54 bits per heavy atom. The van der Waals surface area contributed by atoms with Crippen LogP contribution in [0.25, 0.3) is 0 Å². The Kier molecular flexibility index (Phi) is 3.10. The van der Waals surface area contributed by atoms with E-state index in [0.29, 0.717) is 14.8 Å². The van der Waals surface area contributed by atoms with Crippen molar-refractivity contribution in [1.29, 1.82) is 0 Å². The zero-order valence-electron chi connectivity index (χ0n) is 6.57. The molecular weight excluding hydrogens is 285 g/mol. The number of carboxylic acid groups (broad SMARTS) is 1. The highest BCUT2D eigenvalue weighted by atomic mass is 127. The highest BCUT2D eigenvalue weighted by molar-refractivity contribution is 14.1. The number of benzene rings is 1. The molecule has 0 saturated heterocycles. The van der Waals surface area contributed by atoms with Crippen LogP contribution in [0.4, 0.5) is 5.69 Å². The van der Waals surface area contributed by atoms with Gasteiger partial charge >= 0.3 is 5.97 Å². The molecule has 0 radical (unpaired) electrons. The Morgan fingerprint density at radius 2 is 2.15 bits per heavy atom. The Morgan fingerprint density at radius 3 is 2.69 bits per heavy atom. The van der Waals surface area contributed by atoms with E-state index in [1.165, 1.54) is 6.07 Å². The third-order valence-corrected chi connectivity index (χ3v) is 2.53. The number of halogens is 1. The van der Waals surface area contributed by atoms with Crippen molar-refractivity contribution in [3.05, 3.63) is 27.3 Å². The maximum atomic E-state index is 10.5. The van der Waals surface area contributed by atoms with E-state index in [9.17, 15) is 9.90 Å². The van der Waals surface area contributed by atoms with Gasteiger partial charge in [0.15, 0.2) is 6.10 Å². The highest BCUT2D eigenvalue weighted by Gasteiger charge is 2.18. The van der Waals surface area contributed by atoms with Gasteiger partial charge in [-0.3, -0.25) is 0 Å². The van der Waals surface area contributed by atoms with Crippen LogP contribution in [0, 0.1) is 3.57 Å². The number of aliphatic carboxylic acids is 1. The Labute approximate surface area is 88.5 Å². The van der Waals surface area contributed by atoms with Crippen molar-refractivity contribution in [2.45, 2.75) is 6.10 Å². The van der Waals surface area contributed by atoms with Crippen molar-refractivity contribution < 1.29 is 15.0 Å². The fourth-order valence-corrected chi connectivity index (χ4v) is 1.54. The van der Waals surface area contributed by atoms with Crippen LogP contribution in [0.2, 0.25) is 0 Å². The first-order valence-corrected chi connectivity index (χ1v) is 4.56. The molecule has 70 valence electrons. The molecule has 4 N–H and O–H groups in total. The summed E-state index contributed by atoms with van der Waals surface area (Å²) in [5.74, 6) is -1.27. The monoisotopic (exact) mass is 293 g/mol. The average molecular weight is 293 g/mol. The van der Waals surface area contributed by atoms with E-state index in [2.05, 4.69) is 0 Å². The van der Waals surface area contributed by atoms with Gasteiger partial charge in [-0.2, -0.15) is 0 Å². The van der Waals surface area contributed by atoms with E-state index in [-0.39, 0.29) is 0 Å². The number of nitrogens with two attached hydrogens (primary N) is 1. The van der Waals surface area contributed by atoms with Gasteiger partial charge in [0, 0.05) is 14.8 Å². The second-order valence-corrected chi connectivity index (χ2v) is 3.68. The molecule has 1 aromatic carbocycles. The average Bonchev–Trinajstić information content (AvgIpc) is 2.08. The molecule has 0 heterocycles. The van der Waals surface area contributed by atoms with Gasteiger partial charge in [-0.25, -0.2) is 4.79 Å². The van der Waals surface area contributed by atoms with Crippen molar-refractivity contribution in [1.82, 2.24) is 0 Å². The van der Waals surface area contributed by atoms with Crippen molar-refractivity contribution >= 4 is 34.2 Å². The quantitative estimate of drug-likeness (QED) is 0.561. The second-order valence-electron chi connectivity index (χ2n) is 2.52. The first kappa shape index (κ1) is 10.3. The number of rotatable bonds is 2. The summed E-state index contributed by atoms with van der Waals surface area (Å²) in [5, 5.41) is 17.8. The molecule has 13 heavy (non-hydrogen) atoms. The van der Waals surface area contributed by atoms with Crippen LogP contribution in [-0.4, -0.2) is 16.2 Å². The van der Waals surface area contributed by atoms with Crippen LogP contribution >= 0.6 is 22.6 Å². The highest BCUT2D eigenvalue weighted by Crippen LogP contribution is 2.22. The SMILES string of the molecule is Nc1ccc(I)c(C(O)C(=O)O)c1. The fraction of sp³-hybridized carbons (Fsp3) is 0.125. The summed E-state index contributed by atoms with van der Waals surface area (Å²) < 4.78 is 0.682. The zero-order valence-corrected chi connectivity index (χ0v) is 8.72. The van der Waals surface area contributed by atoms with Crippen LogP contribution < -0.4 is 5.73 Å². The number of carboxylic acids is 1. The summed E-state index contributed by atoms with van der Waals surface area (Å²) in [4.78, 5) is 10.5. The minimum atomic E-state index is -1.50. The molecule has 1 atom stereocenters. The number of nitrogen functional groups attached to an aromatic ring is 1. The smallest absolute Gasteiger partial charge is 0.337 e. The van der Waals surface area contributed by atoms with Gasteiger partial charge in [0.05, 0.1) is 0 Å². The van der Waals surface area contributed by atoms with Crippen molar-refractivity contribution in [3.8, 4) is 0 Å². The molecule has 0 aromatic heterocycles. The van der Waals surface area contributed by atoms with Gasteiger partial charge < -0.3 is 15.9 Å². The Bertz CT molecular complexity index is 340. The standard InChI is InChI=1S/C8H8INO3/c9-6-2-1-4(10)3-5(6)7(11)8(12)13/h1-3,7,11H,10H2,(H,12,13). The van der Waals surface area contributed by atoms with E-state index in [0.717, 1.165) is 0 Å². The maximum Gasteiger partial charge on any atom is 0.337 e. The minimum Gasteiger partial charge on any atom is -0.479 e. The van der Waals surface area contributed by atoms with E-state index in [4.69, 9.17) is 10.8 Å². The molecule has 0 bridgehead atoms. The normalized spacial score (nSPS) is 12.5. The number of aliphatic hydroxyl groups excluding tert-OH is 1. The van der Waals surface area contributed by atoms with Gasteiger partial charge in [0.2, 0.25) is 0 Å². The molecule has 1 unspecified atom stereocenters. The summed E-state index contributed by atoms with van der Waals surface area (Å²) in [6, 6.07) is 4.78. The fourth-order valence-electron chi connectivity index (χ4n) is 0.905. The molecule has 4 nitrogen and oxygen atoms in total. The lowest BCUT2D eigenvalue weighted by molar-refractivity contribution is -0.147. The largest absolute Gasteiger partial charge is 0.479 e. The molecule has 5 heteroatoms. The summed E-state index contributed by atoms with van der Waals surface area (Å²) >= 11 is 1.95. The Hall–Kier alpha value is -0.820. The minimum absolute atomic E-state index is 0.327. The second kappa shape index (κ2) is 3.93. The number of carbonyl (C=O) groups is 1. The maximum absolute atomic E-state index is 10.5. The molecule has 0 aliphatic heterocycles. The molecule has 0 spiro atoms. The van der Waals surface area contributed by atoms with Crippen molar-refractivity contribution in [2.75, 3.05) is 5.73 Å². The van der Waals surface area contributed by atoms with Crippen LogP contribution in [0.1, 0.15) is 11.7 Å². The molecule has 0 amide bonds. The van der Waals surface area contributed by atoms with Gasteiger partial charge in [-0.1, -0.05) is 0 Å². The first-order chi connectivity index (χ1) is 6.02. The number of hydrogen-bond donors (Lipinski definition) is 3. The van der Waals surface area contributed by atoms with E-state index in [1.807, 2.05) is 22.6 Å². The predicted molar refractivity (Wildman–Crippen MR) is 56.2 cm³/mol. The molecule has 0 saturated carbocycles. The van der Waals surface area contributed by atoms with Gasteiger partial charge in [-0.05, 0) is 40.8 Å². The summed E-state index contributed by atoms with van der Waals surface area (Å²) in [6.45, 7) is 0. The van der Waals surface area contributed by atoms with E-state index >= 15 is 0 Å². The summed E-state index contributed by atoms with van der Waals surface area (Å²) in [6.07, 6.45) is -1.50. The lowest BCUT2D eigenvalue weighted by atomic mass is 10.1.